The number of Topliss-reactive ketones (excluding diaryl/α,β-unsaturated/α-hetero) is 1. The van der Waals surface area contributed by atoms with Crippen molar-refractivity contribution in [1.82, 2.24) is 0 Å². The first-order chi connectivity index (χ1) is 16.5. The lowest BCUT2D eigenvalue weighted by Crippen LogP contribution is -2.72. The van der Waals surface area contributed by atoms with Crippen molar-refractivity contribution in [2.75, 3.05) is 6.61 Å². The van der Waals surface area contributed by atoms with E-state index in [0.29, 0.717) is 17.6 Å². The summed E-state index contributed by atoms with van der Waals surface area (Å²) in [6, 6.07) is 9.35. The van der Waals surface area contributed by atoms with E-state index in [9.17, 15) is 20.1 Å². The van der Waals surface area contributed by atoms with Crippen molar-refractivity contribution >= 4 is 5.78 Å². The van der Waals surface area contributed by atoms with E-state index in [1.165, 1.54) is 0 Å². The number of aliphatic hydroxyl groups is 3. The van der Waals surface area contributed by atoms with Gasteiger partial charge in [0.15, 0.2) is 11.4 Å². The van der Waals surface area contributed by atoms with E-state index in [1.54, 1.807) is 13.0 Å². The summed E-state index contributed by atoms with van der Waals surface area (Å²) < 4.78 is 26.5. The Hall–Kier alpha value is -1.91. The van der Waals surface area contributed by atoms with Gasteiger partial charge in [-0.15, -0.1) is 0 Å². The third-order valence-electron chi connectivity index (χ3n) is 9.77. The predicted octanol–water partition coefficient (Wildman–Crippen LogP) is 1.33. The maximum absolute atomic E-state index is 13.5. The zero-order valence-electron chi connectivity index (χ0n) is 19.9. The van der Waals surface area contributed by atoms with Gasteiger partial charge in [0.1, 0.15) is 29.5 Å². The number of ether oxygens (including phenoxy) is 4. The molecule has 7 rings (SSSR count). The van der Waals surface area contributed by atoms with E-state index in [4.69, 9.17) is 18.9 Å². The van der Waals surface area contributed by atoms with Gasteiger partial charge in [-0.1, -0.05) is 49.9 Å². The quantitative estimate of drug-likeness (QED) is 0.436. The smallest absolute Gasteiger partial charge is 0.313 e. The van der Waals surface area contributed by atoms with Gasteiger partial charge in [0, 0.05) is 17.4 Å². The molecule has 11 atom stereocenters. The summed E-state index contributed by atoms with van der Waals surface area (Å²) >= 11 is 0. The van der Waals surface area contributed by atoms with Crippen LogP contribution in [0.5, 0.6) is 0 Å². The molecule has 0 amide bonds. The average molecular weight is 483 g/mol. The van der Waals surface area contributed by atoms with Crippen LogP contribution in [0.2, 0.25) is 0 Å². The van der Waals surface area contributed by atoms with Crippen molar-refractivity contribution in [2.45, 2.75) is 73.9 Å². The van der Waals surface area contributed by atoms with Crippen molar-refractivity contribution in [3.05, 3.63) is 59.7 Å². The lowest BCUT2D eigenvalue weighted by Gasteiger charge is -2.59. The molecule has 35 heavy (non-hydrogen) atoms. The average Bonchev–Trinajstić information content (AvgIpc) is 3.48. The Balaban J connectivity index is 1.53. The van der Waals surface area contributed by atoms with Gasteiger partial charge in [-0.05, 0) is 37.3 Å². The van der Waals surface area contributed by atoms with Gasteiger partial charge >= 0.3 is 5.97 Å². The number of carbonyl (C=O) groups is 1. The van der Waals surface area contributed by atoms with E-state index in [1.807, 2.05) is 44.2 Å². The molecule has 8 heteroatoms. The van der Waals surface area contributed by atoms with Crippen LogP contribution in [0.3, 0.4) is 0 Å². The molecule has 3 saturated heterocycles. The monoisotopic (exact) mass is 482 g/mol. The zero-order chi connectivity index (χ0) is 24.8. The third-order valence-corrected chi connectivity index (χ3v) is 9.77. The van der Waals surface area contributed by atoms with Gasteiger partial charge in [-0.3, -0.25) is 4.79 Å². The fourth-order valence-electron chi connectivity index (χ4n) is 8.10. The Morgan fingerprint density at radius 1 is 1.17 bits per heavy atom. The lowest BCUT2D eigenvalue weighted by atomic mass is 9.54. The Bertz CT molecular complexity index is 1200. The summed E-state index contributed by atoms with van der Waals surface area (Å²) in [5.41, 5.74) is -4.05. The first-order valence-corrected chi connectivity index (χ1v) is 12.3. The third kappa shape index (κ3) is 2.16. The van der Waals surface area contributed by atoms with Crippen LogP contribution < -0.4 is 0 Å². The SMILES string of the molecule is C=C(C)[C@@]12C[C@H](C)[C@@]34O[C@](c5ccccc5)(O[C@H]1[C@H]3[C@@H]1O[C@@]1(CO)[C@@H](O)[C@]1(O)C(=O)C(C)=C[C@@H]14)O2. The minimum atomic E-state index is -2.22. The van der Waals surface area contributed by atoms with Gasteiger partial charge in [0.05, 0.1) is 12.2 Å². The molecule has 1 aromatic carbocycles. The van der Waals surface area contributed by atoms with Crippen molar-refractivity contribution in [3.8, 4) is 0 Å². The number of aliphatic hydroxyl groups excluding tert-OH is 2. The molecular weight excluding hydrogens is 452 g/mol. The van der Waals surface area contributed by atoms with Crippen LogP contribution in [-0.2, 0) is 29.7 Å². The summed E-state index contributed by atoms with van der Waals surface area (Å²) in [7, 11) is 0. The molecule has 0 aromatic heterocycles. The van der Waals surface area contributed by atoms with E-state index >= 15 is 0 Å². The molecular formula is C27H30O8. The first kappa shape index (κ1) is 22.3. The highest BCUT2D eigenvalue weighted by molar-refractivity contribution is 6.05. The van der Waals surface area contributed by atoms with Crippen LogP contribution in [0.15, 0.2) is 54.1 Å². The molecule has 3 aliphatic heterocycles. The molecule has 2 saturated carbocycles. The second kappa shape index (κ2) is 6.31. The van der Waals surface area contributed by atoms with Gasteiger partial charge in [-0.2, -0.15) is 0 Å². The number of carbonyl (C=O) groups excluding carboxylic acids is 1. The molecule has 3 heterocycles. The minimum absolute atomic E-state index is 0.243. The van der Waals surface area contributed by atoms with Gasteiger partial charge in [-0.25, -0.2) is 0 Å². The first-order valence-electron chi connectivity index (χ1n) is 12.3. The van der Waals surface area contributed by atoms with Crippen LogP contribution in [0, 0.1) is 17.8 Å². The number of fused-ring (bicyclic) bond motifs is 3. The molecule has 0 unspecified atom stereocenters. The largest absolute Gasteiger partial charge is 0.393 e. The predicted molar refractivity (Wildman–Crippen MR) is 121 cm³/mol. The fraction of sp³-hybridized carbons (Fsp3) is 0.593. The fourth-order valence-corrected chi connectivity index (χ4v) is 8.10. The minimum Gasteiger partial charge on any atom is -0.393 e. The molecule has 8 nitrogen and oxygen atoms in total. The molecule has 3 aliphatic carbocycles. The maximum Gasteiger partial charge on any atom is 0.313 e. The summed E-state index contributed by atoms with van der Waals surface area (Å²) in [4.78, 5) is 13.5. The Labute approximate surface area is 203 Å². The van der Waals surface area contributed by atoms with Crippen LogP contribution in [0.1, 0.15) is 32.8 Å². The number of benzene rings is 1. The lowest BCUT2D eigenvalue weighted by molar-refractivity contribution is -0.439. The highest BCUT2D eigenvalue weighted by Gasteiger charge is 2.88. The molecule has 1 aromatic rings. The number of ketones is 1. The number of epoxide rings is 1. The summed E-state index contributed by atoms with van der Waals surface area (Å²) in [6.07, 6.45) is -0.731. The Morgan fingerprint density at radius 3 is 2.54 bits per heavy atom. The highest BCUT2D eigenvalue weighted by atomic mass is 16.9. The number of hydrogen-bond acceptors (Lipinski definition) is 8. The second-order valence-corrected chi connectivity index (χ2v) is 11.4. The summed E-state index contributed by atoms with van der Waals surface area (Å²) in [5, 5.41) is 34.0. The molecule has 3 N–H and O–H groups in total. The van der Waals surface area contributed by atoms with E-state index < -0.39 is 70.9 Å². The van der Waals surface area contributed by atoms with Crippen LogP contribution in [0.4, 0.5) is 0 Å². The summed E-state index contributed by atoms with van der Waals surface area (Å²) in [5.74, 6) is -3.85. The van der Waals surface area contributed by atoms with Gasteiger partial charge < -0.3 is 34.3 Å². The van der Waals surface area contributed by atoms with Gasteiger partial charge in [0.2, 0.25) is 0 Å². The molecule has 6 aliphatic rings. The Kier molecular flexibility index (Phi) is 4.02. The van der Waals surface area contributed by atoms with E-state index in [0.717, 1.165) is 5.57 Å². The summed E-state index contributed by atoms with van der Waals surface area (Å²) in [6.45, 7) is 9.26. The van der Waals surface area contributed by atoms with Crippen LogP contribution in [0.25, 0.3) is 0 Å². The van der Waals surface area contributed by atoms with E-state index in [-0.39, 0.29) is 5.92 Å². The normalized spacial score (nSPS) is 55.0. The van der Waals surface area contributed by atoms with E-state index in [2.05, 4.69) is 6.58 Å². The van der Waals surface area contributed by atoms with Crippen LogP contribution >= 0.6 is 0 Å². The molecule has 0 spiro atoms. The van der Waals surface area contributed by atoms with Gasteiger partial charge in [0.25, 0.3) is 0 Å². The van der Waals surface area contributed by atoms with Crippen LogP contribution in [-0.4, -0.2) is 68.4 Å². The molecule has 0 radical (unpaired) electrons. The maximum atomic E-state index is 13.5. The molecule has 186 valence electrons. The number of hydrogen-bond donors (Lipinski definition) is 3. The van der Waals surface area contributed by atoms with Crippen molar-refractivity contribution in [1.29, 1.82) is 0 Å². The molecule has 3 bridgehead atoms. The zero-order valence-corrected chi connectivity index (χ0v) is 19.9. The topological polar surface area (TPSA) is 118 Å². The van der Waals surface area contributed by atoms with Crippen molar-refractivity contribution < 1.29 is 39.1 Å². The van der Waals surface area contributed by atoms with Crippen molar-refractivity contribution in [3.63, 3.8) is 0 Å². The molecule has 5 fully saturated rings. The second-order valence-electron chi connectivity index (χ2n) is 11.4. The standard InChI is InChI=1S/C27H30O8/c1-13(2)23-11-15(4)26-17-10-14(3)19(29)25(17,31)22(30)24(12-28)21(32-24)18(26)20(23)33-27(34-23,35-26)16-8-6-5-7-9-16/h5-10,15,17-18,20-22,28,30-31H,1,11-12H2,2-4H3/t15-,17-,18-,20-,21-,22+,23-,24+,25+,26-,27+/m0/s1. The highest BCUT2D eigenvalue weighted by Crippen LogP contribution is 2.73. The number of rotatable bonds is 3. The van der Waals surface area contributed by atoms with Crippen molar-refractivity contribution in [2.24, 2.45) is 17.8 Å². The Morgan fingerprint density at radius 2 is 1.89 bits per heavy atom.